The molecule has 2 amide bonds. The van der Waals surface area contributed by atoms with Crippen LogP contribution in [0.1, 0.15) is 39.3 Å². The van der Waals surface area contributed by atoms with Gasteiger partial charge in [-0.3, -0.25) is 14.5 Å². The summed E-state index contributed by atoms with van der Waals surface area (Å²) < 4.78 is 5.34. The monoisotopic (exact) mass is 557 g/mol. The zero-order chi connectivity index (χ0) is 26.1. The first-order valence-electron chi connectivity index (χ1n) is 12.3. The van der Waals surface area contributed by atoms with E-state index >= 15 is 0 Å². The van der Waals surface area contributed by atoms with Gasteiger partial charge in [0.1, 0.15) is 5.75 Å². The molecule has 37 heavy (non-hydrogen) atoms. The average Bonchev–Trinajstić information content (AvgIpc) is 3.37. The lowest BCUT2D eigenvalue weighted by molar-refractivity contribution is -0.135. The SMILES string of the molecule is COc1ccc([C@@H]2c3ccsc3CCN2CC(=O)N2CCN(C(=O)c3ccc(Cl)cc3Cl)[C@H](C)C2)cc1. The summed E-state index contributed by atoms with van der Waals surface area (Å²) in [7, 11) is 1.66. The summed E-state index contributed by atoms with van der Waals surface area (Å²) in [5, 5.41) is 2.97. The maximum atomic E-state index is 13.5. The smallest absolute Gasteiger partial charge is 0.255 e. The number of ether oxygens (including phenoxy) is 1. The van der Waals surface area contributed by atoms with Crippen LogP contribution in [0.4, 0.5) is 0 Å². The van der Waals surface area contributed by atoms with Crippen molar-refractivity contribution in [1.29, 1.82) is 0 Å². The van der Waals surface area contributed by atoms with E-state index in [1.807, 2.05) is 24.0 Å². The van der Waals surface area contributed by atoms with E-state index in [0.29, 0.717) is 41.8 Å². The van der Waals surface area contributed by atoms with Crippen LogP contribution in [0, 0.1) is 0 Å². The van der Waals surface area contributed by atoms with Crippen molar-refractivity contribution in [3.05, 3.63) is 85.5 Å². The number of carbonyl (C=O) groups is 2. The van der Waals surface area contributed by atoms with Crippen LogP contribution in [0.15, 0.2) is 53.9 Å². The molecule has 0 radical (unpaired) electrons. The normalized spacial score (nSPS) is 20.0. The molecule has 1 aromatic heterocycles. The summed E-state index contributed by atoms with van der Waals surface area (Å²) in [4.78, 5) is 34.0. The van der Waals surface area contributed by atoms with Crippen LogP contribution in [0.3, 0.4) is 0 Å². The molecule has 0 spiro atoms. The average molecular weight is 559 g/mol. The molecule has 0 N–H and O–H groups in total. The molecule has 6 nitrogen and oxygen atoms in total. The number of piperazine rings is 1. The minimum atomic E-state index is -0.137. The van der Waals surface area contributed by atoms with Gasteiger partial charge < -0.3 is 14.5 Å². The second-order valence-electron chi connectivity index (χ2n) is 9.51. The van der Waals surface area contributed by atoms with Gasteiger partial charge in [-0.25, -0.2) is 0 Å². The summed E-state index contributed by atoms with van der Waals surface area (Å²) in [6, 6.07) is 15.1. The van der Waals surface area contributed by atoms with Crippen LogP contribution >= 0.6 is 34.5 Å². The quantitative estimate of drug-likeness (QED) is 0.422. The Balaban J connectivity index is 1.28. The number of methoxy groups -OCH3 is 1. The molecule has 2 aliphatic rings. The molecule has 5 rings (SSSR count). The summed E-state index contributed by atoms with van der Waals surface area (Å²) in [5.41, 5.74) is 2.86. The minimum absolute atomic E-state index is 0.0252. The van der Waals surface area contributed by atoms with Crippen molar-refractivity contribution >= 4 is 46.4 Å². The van der Waals surface area contributed by atoms with E-state index in [9.17, 15) is 9.59 Å². The van der Waals surface area contributed by atoms with Crippen LogP contribution in [0.25, 0.3) is 0 Å². The third-order valence-electron chi connectivity index (χ3n) is 7.24. The van der Waals surface area contributed by atoms with Crippen molar-refractivity contribution in [3.8, 4) is 5.75 Å². The van der Waals surface area contributed by atoms with E-state index in [2.05, 4.69) is 28.5 Å². The molecular formula is C28H29Cl2N3O3S. The van der Waals surface area contributed by atoms with Gasteiger partial charge in [0.15, 0.2) is 0 Å². The van der Waals surface area contributed by atoms with E-state index in [1.54, 1.807) is 41.5 Å². The zero-order valence-corrected chi connectivity index (χ0v) is 23.2. The molecule has 3 heterocycles. The Kier molecular flexibility index (Phi) is 7.77. The topological polar surface area (TPSA) is 53.1 Å². The van der Waals surface area contributed by atoms with Crippen LogP contribution in [0.2, 0.25) is 10.0 Å². The van der Waals surface area contributed by atoms with Crippen LogP contribution in [-0.2, 0) is 11.2 Å². The Labute approximate surface area is 231 Å². The molecule has 0 unspecified atom stereocenters. The number of benzene rings is 2. The van der Waals surface area contributed by atoms with Gasteiger partial charge in [-0.05, 0) is 66.2 Å². The highest BCUT2D eigenvalue weighted by atomic mass is 35.5. The molecule has 0 bridgehead atoms. The van der Waals surface area contributed by atoms with Crippen LogP contribution < -0.4 is 4.74 Å². The van der Waals surface area contributed by atoms with Crippen molar-refractivity contribution in [2.24, 2.45) is 0 Å². The van der Waals surface area contributed by atoms with Crippen LogP contribution in [0.5, 0.6) is 5.75 Å². The third-order valence-corrected chi connectivity index (χ3v) is 8.78. The molecule has 2 aliphatic heterocycles. The molecule has 194 valence electrons. The summed E-state index contributed by atoms with van der Waals surface area (Å²) in [6.45, 7) is 4.56. The van der Waals surface area contributed by atoms with Gasteiger partial charge in [-0.1, -0.05) is 35.3 Å². The standard InChI is InChI=1S/C28H29Cl2N3O3S/c1-18-16-31(12-13-33(18)28(35)22-8-5-20(29)15-24(22)30)26(34)17-32-11-9-25-23(10-14-37-25)27(32)19-3-6-21(36-2)7-4-19/h3-8,10,14-15,18,27H,9,11-13,16-17H2,1-2H3/t18-,27-/m1/s1. The first-order chi connectivity index (χ1) is 17.9. The number of fused-ring (bicyclic) bond motifs is 1. The van der Waals surface area contributed by atoms with Gasteiger partial charge in [-0.2, -0.15) is 0 Å². The molecule has 1 saturated heterocycles. The summed E-state index contributed by atoms with van der Waals surface area (Å²) in [6.07, 6.45) is 0.938. The Morgan fingerprint density at radius 3 is 2.54 bits per heavy atom. The minimum Gasteiger partial charge on any atom is -0.497 e. The van der Waals surface area contributed by atoms with Gasteiger partial charge in [0.25, 0.3) is 5.91 Å². The first-order valence-corrected chi connectivity index (χ1v) is 14.0. The van der Waals surface area contributed by atoms with Crippen molar-refractivity contribution in [3.63, 3.8) is 0 Å². The van der Waals surface area contributed by atoms with Crippen molar-refractivity contribution in [2.45, 2.75) is 25.4 Å². The van der Waals surface area contributed by atoms with Gasteiger partial charge in [0.2, 0.25) is 5.91 Å². The number of amides is 2. The van der Waals surface area contributed by atoms with E-state index < -0.39 is 0 Å². The van der Waals surface area contributed by atoms with Crippen molar-refractivity contribution < 1.29 is 14.3 Å². The Bertz CT molecular complexity index is 1300. The Morgan fingerprint density at radius 2 is 1.84 bits per heavy atom. The number of hydrogen-bond acceptors (Lipinski definition) is 5. The highest BCUT2D eigenvalue weighted by Crippen LogP contribution is 2.38. The fourth-order valence-corrected chi connectivity index (χ4v) is 6.69. The largest absolute Gasteiger partial charge is 0.497 e. The van der Waals surface area contributed by atoms with E-state index in [4.69, 9.17) is 27.9 Å². The number of thiophene rings is 1. The number of halogens is 2. The maximum absolute atomic E-state index is 13.5. The van der Waals surface area contributed by atoms with E-state index in [1.165, 1.54) is 10.4 Å². The summed E-state index contributed by atoms with van der Waals surface area (Å²) in [5.74, 6) is 0.761. The predicted molar refractivity (Wildman–Crippen MR) is 148 cm³/mol. The van der Waals surface area contributed by atoms with Crippen molar-refractivity contribution in [1.82, 2.24) is 14.7 Å². The van der Waals surface area contributed by atoms with Gasteiger partial charge in [-0.15, -0.1) is 11.3 Å². The lowest BCUT2D eigenvalue weighted by Crippen LogP contribution is -2.57. The summed E-state index contributed by atoms with van der Waals surface area (Å²) >= 11 is 14.1. The van der Waals surface area contributed by atoms with Gasteiger partial charge in [0.05, 0.1) is 30.3 Å². The zero-order valence-electron chi connectivity index (χ0n) is 20.8. The van der Waals surface area contributed by atoms with Gasteiger partial charge >= 0.3 is 0 Å². The number of rotatable bonds is 5. The van der Waals surface area contributed by atoms with Gasteiger partial charge in [0, 0.05) is 42.1 Å². The molecule has 2 aromatic carbocycles. The molecular weight excluding hydrogens is 529 g/mol. The molecule has 0 saturated carbocycles. The van der Waals surface area contributed by atoms with E-state index in [0.717, 1.165) is 24.3 Å². The lowest BCUT2D eigenvalue weighted by Gasteiger charge is -2.42. The Morgan fingerprint density at radius 1 is 1.05 bits per heavy atom. The highest BCUT2D eigenvalue weighted by Gasteiger charge is 2.35. The maximum Gasteiger partial charge on any atom is 0.255 e. The lowest BCUT2D eigenvalue weighted by atomic mass is 9.93. The highest BCUT2D eigenvalue weighted by molar-refractivity contribution is 7.10. The van der Waals surface area contributed by atoms with Crippen molar-refractivity contribution in [2.75, 3.05) is 39.8 Å². The number of carbonyl (C=O) groups excluding carboxylic acids is 2. The predicted octanol–water partition coefficient (Wildman–Crippen LogP) is 5.38. The molecule has 9 heteroatoms. The second kappa shape index (κ2) is 11.0. The fourth-order valence-electron chi connectivity index (χ4n) is 5.29. The molecule has 1 fully saturated rings. The third kappa shape index (κ3) is 5.36. The Hall–Kier alpha value is -2.58. The molecule has 0 aliphatic carbocycles. The fraction of sp³-hybridized carbons (Fsp3) is 0.357. The molecule has 3 aromatic rings. The number of hydrogen-bond donors (Lipinski definition) is 0. The number of nitrogens with zero attached hydrogens (tertiary/aromatic N) is 3. The first kappa shape index (κ1) is 26.0. The van der Waals surface area contributed by atoms with E-state index in [-0.39, 0.29) is 23.9 Å². The van der Waals surface area contributed by atoms with Crippen LogP contribution in [-0.4, -0.2) is 72.4 Å². The second-order valence-corrected chi connectivity index (χ2v) is 11.4. The molecule has 2 atom stereocenters.